The molecule has 0 aliphatic carbocycles. The smallest absolute Gasteiger partial charge is 0.217 e. The molecule has 2 rings (SSSR count). The van der Waals surface area contributed by atoms with E-state index in [1.54, 1.807) is 0 Å². The van der Waals surface area contributed by atoms with Gasteiger partial charge in [-0.15, -0.1) is 0 Å². The van der Waals surface area contributed by atoms with Crippen molar-refractivity contribution in [3.63, 3.8) is 0 Å². The molecule has 1 fully saturated rings. The van der Waals surface area contributed by atoms with E-state index in [1.807, 2.05) is 18.2 Å². The summed E-state index contributed by atoms with van der Waals surface area (Å²) in [4.78, 5) is 17.7. The van der Waals surface area contributed by atoms with E-state index in [0.717, 1.165) is 30.8 Å². The number of aliphatic hydroxyl groups excluding tert-OH is 1. The first-order valence-electron chi connectivity index (χ1n) is 6.79. The van der Waals surface area contributed by atoms with E-state index >= 15 is 0 Å². The van der Waals surface area contributed by atoms with Crippen molar-refractivity contribution in [2.24, 2.45) is 5.73 Å². The zero-order chi connectivity index (χ0) is 13.7. The number of rotatable bonds is 6. The maximum atomic E-state index is 10.8. The number of hydrogen-bond acceptors (Lipinski definition) is 4. The Hall–Kier alpha value is -1.46. The molecule has 0 spiro atoms. The number of nitrogens with two attached hydrogens (primary N) is 1. The second-order valence-corrected chi connectivity index (χ2v) is 4.94. The summed E-state index contributed by atoms with van der Waals surface area (Å²) in [7, 11) is 0. The summed E-state index contributed by atoms with van der Waals surface area (Å²) in [6.45, 7) is 1.88. The minimum atomic E-state index is -0.296. The third-order valence-corrected chi connectivity index (χ3v) is 3.55. The standard InChI is InChI=1S/C14H21N3O2/c15-14(19)7-6-11-3-1-4-12(16-11)13-5-2-8-17(13)9-10-18/h1,3-4,13,18H,2,5-10H2,(H2,15,19)/t13-/m0/s1. The van der Waals surface area contributed by atoms with Gasteiger partial charge in [0.1, 0.15) is 0 Å². The Morgan fingerprint density at radius 1 is 1.53 bits per heavy atom. The monoisotopic (exact) mass is 263 g/mol. The predicted molar refractivity (Wildman–Crippen MR) is 72.4 cm³/mol. The summed E-state index contributed by atoms with van der Waals surface area (Å²) in [5, 5.41) is 9.08. The van der Waals surface area contributed by atoms with Crippen LogP contribution in [0, 0.1) is 0 Å². The van der Waals surface area contributed by atoms with E-state index in [2.05, 4.69) is 9.88 Å². The molecule has 0 unspecified atom stereocenters. The van der Waals surface area contributed by atoms with Crippen LogP contribution in [0.3, 0.4) is 0 Å². The molecular formula is C14H21N3O2. The normalized spacial score (nSPS) is 19.7. The number of carbonyl (C=O) groups is 1. The Bertz CT molecular complexity index is 436. The van der Waals surface area contributed by atoms with Gasteiger partial charge in [0.05, 0.1) is 18.3 Å². The van der Waals surface area contributed by atoms with Gasteiger partial charge in [-0.2, -0.15) is 0 Å². The number of carbonyl (C=O) groups excluding carboxylic acids is 1. The number of β-amino-alcohol motifs (C(OH)–C–C–N with tert-alkyl or cyclic N) is 1. The fourth-order valence-electron chi connectivity index (χ4n) is 2.63. The number of nitrogens with zero attached hydrogens (tertiary/aromatic N) is 2. The minimum Gasteiger partial charge on any atom is -0.395 e. The van der Waals surface area contributed by atoms with Crippen LogP contribution >= 0.6 is 0 Å². The lowest BCUT2D eigenvalue weighted by Gasteiger charge is -2.23. The lowest BCUT2D eigenvalue weighted by molar-refractivity contribution is -0.118. The van der Waals surface area contributed by atoms with Gasteiger partial charge in [-0.1, -0.05) is 6.07 Å². The van der Waals surface area contributed by atoms with Gasteiger partial charge in [0.2, 0.25) is 5.91 Å². The molecular weight excluding hydrogens is 242 g/mol. The van der Waals surface area contributed by atoms with Crippen LogP contribution in [0.25, 0.3) is 0 Å². The Morgan fingerprint density at radius 2 is 2.37 bits per heavy atom. The topological polar surface area (TPSA) is 79.5 Å². The van der Waals surface area contributed by atoms with Crippen LogP contribution in [0.2, 0.25) is 0 Å². The fourth-order valence-corrected chi connectivity index (χ4v) is 2.63. The van der Waals surface area contributed by atoms with Crippen molar-refractivity contribution in [1.29, 1.82) is 0 Å². The van der Waals surface area contributed by atoms with Crippen LogP contribution in [-0.4, -0.2) is 40.6 Å². The highest BCUT2D eigenvalue weighted by Crippen LogP contribution is 2.30. The van der Waals surface area contributed by atoms with E-state index in [9.17, 15) is 4.79 Å². The molecule has 104 valence electrons. The number of aryl methyl sites for hydroxylation is 1. The van der Waals surface area contributed by atoms with Crippen molar-refractivity contribution in [3.05, 3.63) is 29.6 Å². The first kappa shape index (κ1) is 14.0. The lowest BCUT2D eigenvalue weighted by Crippen LogP contribution is -2.27. The maximum absolute atomic E-state index is 10.8. The predicted octanol–water partition coefficient (Wildman–Crippen LogP) is 0.629. The molecule has 0 saturated carbocycles. The SMILES string of the molecule is NC(=O)CCc1cccc([C@@H]2CCCN2CCO)n1. The highest BCUT2D eigenvalue weighted by Gasteiger charge is 2.26. The number of primary amides is 1. The molecule has 1 aliphatic heterocycles. The minimum absolute atomic E-state index is 0.178. The molecule has 1 saturated heterocycles. The van der Waals surface area contributed by atoms with Crippen molar-refractivity contribution >= 4 is 5.91 Å². The number of amides is 1. The molecule has 5 heteroatoms. The van der Waals surface area contributed by atoms with E-state index in [0.29, 0.717) is 25.4 Å². The van der Waals surface area contributed by atoms with Crippen molar-refractivity contribution in [3.8, 4) is 0 Å². The zero-order valence-electron chi connectivity index (χ0n) is 11.1. The third-order valence-electron chi connectivity index (χ3n) is 3.55. The Morgan fingerprint density at radius 3 is 3.11 bits per heavy atom. The van der Waals surface area contributed by atoms with Gasteiger partial charge < -0.3 is 10.8 Å². The second-order valence-electron chi connectivity index (χ2n) is 4.94. The quantitative estimate of drug-likeness (QED) is 0.789. The summed E-state index contributed by atoms with van der Waals surface area (Å²) in [6, 6.07) is 6.22. The Labute approximate surface area is 113 Å². The molecule has 3 N–H and O–H groups in total. The number of pyridine rings is 1. The summed E-state index contributed by atoms with van der Waals surface area (Å²) in [5.74, 6) is -0.296. The molecule has 0 radical (unpaired) electrons. The second kappa shape index (κ2) is 6.63. The van der Waals surface area contributed by atoms with Crippen molar-refractivity contribution < 1.29 is 9.90 Å². The molecule has 0 aromatic carbocycles. The highest BCUT2D eigenvalue weighted by molar-refractivity contribution is 5.73. The summed E-state index contributed by atoms with van der Waals surface area (Å²) in [6.07, 6.45) is 3.14. The van der Waals surface area contributed by atoms with Crippen LogP contribution in [0.15, 0.2) is 18.2 Å². The Balaban J connectivity index is 2.07. The number of hydrogen-bond donors (Lipinski definition) is 2. The van der Waals surface area contributed by atoms with Gasteiger partial charge in [0.25, 0.3) is 0 Å². The van der Waals surface area contributed by atoms with Crippen molar-refractivity contribution in [1.82, 2.24) is 9.88 Å². The molecule has 1 atom stereocenters. The van der Waals surface area contributed by atoms with Crippen LogP contribution in [0.1, 0.15) is 36.7 Å². The number of aliphatic hydroxyl groups is 1. The van der Waals surface area contributed by atoms with Gasteiger partial charge in [0.15, 0.2) is 0 Å². The first-order valence-corrected chi connectivity index (χ1v) is 6.79. The van der Waals surface area contributed by atoms with E-state index < -0.39 is 0 Å². The molecule has 2 heterocycles. The van der Waals surface area contributed by atoms with Crippen molar-refractivity contribution in [2.75, 3.05) is 19.7 Å². The van der Waals surface area contributed by atoms with Gasteiger partial charge in [-0.25, -0.2) is 0 Å². The number of aromatic nitrogens is 1. The maximum Gasteiger partial charge on any atom is 0.217 e. The molecule has 1 amide bonds. The van der Waals surface area contributed by atoms with Crippen LogP contribution < -0.4 is 5.73 Å². The average molecular weight is 263 g/mol. The molecule has 5 nitrogen and oxygen atoms in total. The van der Waals surface area contributed by atoms with Gasteiger partial charge in [-0.05, 0) is 37.9 Å². The zero-order valence-corrected chi connectivity index (χ0v) is 11.1. The van der Waals surface area contributed by atoms with Gasteiger partial charge in [0, 0.05) is 18.7 Å². The molecule has 0 bridgehead atoms. The van der Waals surface area contributed by atoms with Gasteiger partial charge >= 0.3 is 0 Å². The first-order chi connectivity index (χ1) is 9.20. The van der Waals surface area contributed by atoms with Gasteiger partial charge in [-0.3, -0.25) is 14.7 Å². The van der Waals surface area contributed by atoms with E-state index in [1.165, 1.54) is 0 Å². The molecule has 1 aliphatic rings. The fraction of sp³-hybridized carbons (Fsp3) is 0.571. The third kappa shape index (κ3) is 3.75. The summed E-state index contributed by atoms with van der Waals surface area (Å²) >= 11 is 0. The Kier molecular flexibility index (Phi) is 4.87. The number of likely N-dealkylation sites (tertiary alicyclic amines) is 1. The molecule has 1 aromatic rings. The van der Waals surface area contributed by atoms with Crippen molar-refractivity contribution in [2.45, 2.75) is 31.7 Å². The molecule has 19 heavy (non-hydrogen) atoms. The van der Waals surface area contributed by atoms with Crippen LogP contribution in [-0.2, 0) is 11.2 Å². The van der Waals surface area contributed by atoms with E-state index in [4.69, 9.17) is 10.8 Å². The summed E-state index contributed by atoms with van der Waals surface area (Å²) in [5.41, 5.74) is 7.10. The lowest BCUT2D eigenvalue weighted by atomic mass is 10.1. The van der Waals surface area contributed by atoms with Crippen LogP contribution in [0.4, 0.5) is 0 Å². The average Bonchev–Trinajstić information content (AvgIpc) is 2.85. The summed E-state index contributed by atoms with van der Waals surface area (Å²) < 4.78 is 0. The molecule has 1 aromatic heterocycles. The van der Waals surface area contributed by atoms with E-state index in [-0.39, 0.29) is 12.5 Å². The largest absolute Gasteiger partial charge is 0.395 e. The van der Waals surface area contributed by atoms with Crippen LogP contribution in [0.5, 0.6) is 0 Å². The highest BCUT2D eigenvalue weighted by atomic mass is 16.3.